The molecule has 122 valence electrons. The number of amides is 1. The summed E-state index contributed by atoms with van der Waals surface area (Å²) in [6, 6.07) is 2.24. The molecule has 1 saturated heterocycles. The fraction of sp³-hybridized carbons (Fsp3) is 0.529. The minimum Gasteiger partial charge on any atom is -0.342 e. The normalized spacial score (nSPS) is 18.4. The summed E-state index contributed by atoms with van der Waals surface area (Å²) in [5.74, 6) is 0.421. The predicted molar refractivity (Wildman–Crippen MR) is 87.9 cm³/mol. The Morgan fingerprint density at radius 3 is 2.78 bits per heavy atom. The highest BCUT2D eigenvalue weighted by molar-refractivity contribution is 5.73. The van der Waals surface area contributed by atoms with Crippen LogP contribution in [-0.4, -0.2) is 43.6 Å². The first-order chi connectivity index (χ1) is 11.1. The molecular formula is C17H23N5O. The third-order valence-electron chi connectivity index (χ3n) is 4.38. The molecule has 1 unspecified atom stereocenters. The average Bonchev–Trinajstić information content (AvgIpc) is 3.05. The van der Waals surface area contributed by atoms with Crippen molar-refractivity contribution in [3.8, 4) is 11.4 Å². The first-order valence-corrected chi connectivity index (χ1v) is 8.17. The Labute approximate surface area is 136 Å². The van der Waals surface area contributed by atoms with Gasteiger partial charge in [-0.25, -0.2) is 0 Å². The third-order valence-corrected chi connectivity index (χ3v) is 4.38. The number of nitrogens with zero attached hydrogens (tertiary/aromatic N) is 5. The fourth-order valence-corrected chi connectivity index (χ4v) is 3.11. The van der Waals surface area contributed by atoms with E-state index in [1.807, 2.05) is 28.0 Å². The molecule has 1 amide bonds. The fourth-order valence-electron chi connectivity index (χ4n) is 3.11. The van der Waals surface area contributed by atoms with Gasteiger partial charge in [0.15, 0.2) is 0 Å². The maximum Gasteiger partial charge on any atom is 0.219 e. The van der Waals surface area contributed by atoms with E-state index in [2.05, 4.69) is 28.9 Å². The largest absolute Gasteiger partial charge is 0.342 e. The zero-order valence-electron chi connectivity index (χ0n) is 13.9. The molecule has 6 nitrogen and oxygen atoms in total. The van der Waals surface area contributed by atoms with E-state index in [4.69, 9.17) is 0 Å². The molecule has 3 heterocycles. The second-order valence-electron chi connectivity index (χ2n) is 6.39. The molecule has 6 heteroatoms. The zero-order valence-corrected chi connectivity index (χ0v) is 13.9. The topological polar surface area (TPSA) is 63.9 Å². The minimum absolute atomic E-state index is 0.139. The Hall–Kier alpha value is -2.24. The van der Waals surface area contributed by atoms with Gasteiger partial charge in [0.2, 0.25) is 5.91 Å². The van der Waals surface area contributed by atoms with E-state index >= 15 is 0 Å². The van der Waals surface area contributed by atoms with Gasteiger partial charge >= 0.3 is 0 Å². The second-order valence-corrected chi connectivity index (χ2v) is 6.39. The van der Waals surface area contributed by atoms with Gasteiger partial charge in [0, 0.05) is 44.4 Å². The van der Waals surface area contributed by atoms with Crippen LogP contribution in [0.1, 0.15) is 51.3 Å². The summed E-state index contributed by atoms with van der Waals surface area (Å²) in [7, 11) is 0. The lowest BCUT2D eigenvalue weighted by Crippen LogP contribution is -2.37. The van der Waals surface area contributed by atoms with Crippen LogP contribution < -0.4 is 0 Å². The van der Waals surface area contributed by atoms with Gasteiger partial charge in [0.05, 0.1) is 17.6 Å². The van der Waals surface area contributed by atoms with Crippen molar-refractivity contribution in [3.63, 3.8) is 0 Å². The first-order valence-electron chi connectivity index (χ1n) is 8.17. The highest BCUT2D eigenvalue weighted by Gasteiger charge is 2.24. The van der Waals surface area contributed by atoms with E-state index in [1.165, 1.54) is 0 Å². The summed E-state index contributed by atoms with van der Waals surface area (Å²) < 4.78 is 1.95. The summed E-state index contributed by atoms with van der Waals surface area (Å²) in [6.45, 7) is 7.41. The first kappa shape index (κ1) is 15.6. The number of rotatable bonds is 3. The summed E-state index contributed by atoms with van der Waals surface area (Å²) in [4.78, 5) is 22.7. The van der Waals surface area contributed by atoms with E-state index in [0.29, 0.717) is 0 Å². The predicted octanol–water partition coefficient (Wildman–Crippen LogP) is 2.65. The lowest BCUT2D eigenvalue weighted by atomic mass is 9.95. The molecule has 0 N–H and O–H groups in total. The van der Waals surface area contributed by atoms with E-state index in [-0.39, 0.29) is 17.9 Å². The SMILES string of the molecule is CC(=O)N1CCCC(c2cnc(-c3ccnn3C(C)C)cn2)C1. The molecule has 1 aliphatic heterocycles. The molecule has 0 aromatic carbocycles. The van der Waals surface area contributed by atoms with Gasteiger partial charge in [0.25, 0.3) is 0 Å². The van der Waals surface area contributed by atoms with Crippen LogP contribution in [-0.2, 0) is 4.79 Å². The van der Waals surface area contributed by atoms with Crippen molar-refractivity contribution >= 4 is 5.91 Å². The number of likely N-dealkylation sites (tertiary alicyclic amines) is 1. The smallest absolute Gasteiger partial charge is 0.219 e. The van der Waals surface area contributed by atoms with Gasteiger partial charge in [-0.15, -0.1) is 0 Å². The number of piperidine rings is 1. The lowest BCUT2D eigenvalue weighted by Gasteiger charge is -2.31. The van der Waals surface area contributed by atoms with Gasteiger partial charge in [-0.1, -0.05) is 0 Å². The van der Waals surface area contributed by atoms with Crippen molar-refractivity contribution < 1.29 is 4.79 Å². The molecule has 0 spiro atoms. The van der Waals surface area contributed by atoms with Crippen molar-refractivity contribution in [2.75, 3.05) is 13.1 Å². The Kier molecular flexibility index (Phi) is 4.41. The van der Waals surface area contributed by atoms with Crippen LogP contribution >= 0.6 is 0 Å². The second kappa shape index (κ2) is 6.48. The maximum atomic E-state index is 11.6. The van der Waals surface area contributed by atoms with Gasteiger partial charge in [-0.3, -0.25) is 19.4 Å². The Bertz CT molecular complexity index is 677. The highest BCUT2D eigenvalue weighted by atomic mass is 16.2. The van der Waals surface area contributed by atoms with Gasteiger partial charge in [-0.05, 0) is 32.8 Å². The van der Waals surface area contributed by atoms with Crippen LogP contribution in [0.15, 0.2) is 24.7 Å². The molecule has 1 fully saturated rings. The van der Waals surface area contributed by atoms with Crippen LogP contribution in [0.3, 0.4) is 0 Å². The quantitative estimate of drug-likeness (QED) is 0.874. The molecule has 1 aliphatic rings. The van der Waals surface area contributed by atoms with Crippen LogP contribution in [0.25, 0.3) is 11.4 Å². The van der Waals surface area contributed by atoms with E-state index in [0.717, 1.165) is 43.0 Å². The van der Waals surface area contributed by atoms with Crippen molar-refractivity contribution in [2.45, 2.75) is 45.6 Å². The highest BCUT2D eigenvalue weighted by Crippen LogP contribution is 2.26. The van der Waals surface area contributed by atoms with Crippen LogP contribution in [0.2, 0.25) is 0 Å². The van der Waals surface area contributed by atoms with Crippen molar-refractivity contribution in [1.82, 2.24) is 24.6 Å². The number of aromatic nitrogens is 4. The number of hydrogen-bond acceptors (Lipinski definition) is 4. The van der Waals surface area contributed by atoms with Crippen LogP contribution in [0, 0.1) is 0 Å². The molecular weight excluding hydrogens is 290 g/mol. The molecule has 2 aromatic rings. The number of carbonyl (C=O) groups is 1. The van der Waals surface area contributed by atoms with Gasteiger partial charge in [0.1, 0.15) is 5.69 Å². The number of hydrogen-bond donors (Lipinski definition) is 0. The molecule has 3 rings (SSSR count). The van der Waals surface area contributed by atoms with E-state index in [1.54, 1.807) is 13.1 Å². The van der Waals surface area contributed by atoms with Gasteiger partial charge < -0.3 is 4.90 Å². The summed E-state index contributed by atoms with van der Waals surface area (Å²) in [5, 5.41) is 4.34. The third kappa shape index (κ3) is 3.25. The van der Waals surface area contributed by atoms with Gasteiger partial charge in [-0.2, -0.15) is 5.10 Å². The molecule has 0 radical (unpaired) electrons. The average molecular weight is 313 g/mol. The van der Waals surface area contributed by atoms with Crippen LogP contribution in [0.4, 0.5) is 0 Å². The summed E-state index contributed by atoms with van der Waals surface area (Å²) in [6.07, 6.45) is 7.53. The summed E-state index contributed by atoms with van der Waals surface area (Å²) >= 11 is 0. The molecule has 0 bridgehead atoms. The maximum absolute atomic E-state index is 11.6. The molecule has 1 atom stereocenters. The standard InChI is InChI=1S/C17H23N5O/c1-12(2)22-17(6-7-20-22)16-10-18-15(9-19-16)14-5-4-8-21(11-14)13(3)23/h6-7,9-10,12,14H,4-5,8,11H2,1-3H3. The van der Waals surface area contributed by atoms with Crippen LogP contribution in [0.5, 0.6) is 0 Å². The molecule has 0 aliphatic carbocycles. The monoisotopic (exact) mass is 313 g/mol. The molecule has 23 heavy (non-hydrogen) atoms. The van der Waals surface area contributed by atoms with Crippen molar-refractivity contribution in [1.29, 1.82) is 0 Å². The van der Waals surface area contributed by atoms with E-state index < -0.39 is 0 Å². The lowest BCUT2D eigenvalue weighted by molar-refractivity contribution is -0.130. The van der Waals surface area contributed by atoms with Crippen molar-refractivity contribution in [2.24, 2.45) is 0 Å². The Morgan fingerprint density at radius 1 is 1.30 bits per heavy atom. The molecule has 2 aromatic heterocycles. The molecule has 0 saturated carbocycles. The van der Waals surface area contributed by atoms with E-state index in [9.17, 15) is 4.79 Å². The Morgan fingerprint density at radius 2 is 2.13 bits per heavy atom. The van der Waals surface area contributed by atoms with Crippen molar-refractivity contribution in [3.05, 3.63) is 30.4 Å². The Balaban J connectivity index is 1.79. The summed E-state index contributed by atoms with van der Waals surface area (Å²) in [5.41, 5.74) is 2.78. The zero-order chi connectivity index (χ0) is 16.4. The number of carbonyl (C=O) groups excluding carboxylic acids is 1. The minimum atomic E-state index is 0.139.